The van der Waals surface area contributed by atoms with Crippen LogP contribution in [0.4, 0.5) is 26.2 Å². The van der Waals surface area contributed by atoms with Crippen molar-refractivity contribution in [1.82, 2.24) is 0 Å². The van der Waals surface area contributed by atoms with Crippen LogP contribution in [-0.4, -0.2) is 12.6 Å². The minimum atomic E-state index is -0.336. The molecule has 0 saturated carbocycles. The van der Waals surface area contributed by atoms with Gasteiger partial charge in [0.15, 0.2) is 0 Å². The zero-order valence-corrected chi connectivity index (χ0v) is 11.8. The molecule has 0 fully saturated rings. The molecule has 0 heterocycles. The van der Waals surface area contributed by atoms with Crippen molar-refractivity contribution in [2.75, 3.05) is 22.5 Å². The van der Waals surface area contributed by atoms with Crippen molar-refractivity contribution in [2.45, 2.75) is 13.3 Å². The van der Waals surface area contributed by atoms with Crippen molar-refractivity contribution in [2.24, 2.45) is 0 Å². The number of hydrogen-bond donors (Lipinski definition) is 2. The largest absolute Gasteiger partial charge is 0.399 e. The van der Waals surface area contributed by atoms with Crippen molar-refractivity contribution in [3.63, 3.8) is 0 Å². The molecular weight excluding hydrogens is 269 g/mol. The lowest BCUT2D eigenvalue weighted by Gasteiger charge is -2.22. The maximum Gasteiger partial charge on any atom is 0.326 e. The van der Waals surface area contributed by atoms with E-state index in [4.69, 9.17) is 5.73 Å². The molecule has 2 aromatic carbocycles. The maximum absolute atomic E-state index is 12.9. The summed E-state index contributed by atoms with van der Waals surface area (Å²) in [4.78, 5) is 14.0. The zero-order valence-electron chi connectivity index (χ0n) is 11.8. The van der Waals surface area contributed by atoms with Crippen molar-refractivity contribution in [3.8, 4) is 0 Å². The number of hydrogen-bond acceptors (Lipinski definition) is 2. The molecule has 3 N–H and O–H groups in total. The summed E-state index contributed by atoms with van der Waals surface area (Å²) in [5.41, 5.74) is 7.63. The van der Waals surface area contributed by atoms with Crippen molar-refractivity contribution in [3.05, 3.63) is 54.3 Å². The van der Waals surface area contributed by atoms with Gasteiger partial charge in [-0.25, -0.2) is 9.18 Å². The molecule has 2 rings (SSSR count). The first-order valence-corrected chi connectivity index (χ1v) is 6.80. The van der Waals surface area contributed by atoms with Gasteiger partial charge in [-0.05, 0) is 55.0 Å². The summed E-state index contributed by atoms with van der Waals surface area (Å²) in [5.74, 6) is -0.336. The summed E-state index contributed by atoms with van der Waals surface area (Å²) in [6.07, 6.45) is 0.821. The molecule has 2 amide bonds. The summed E-state index contributed by atoms with van der Waals surface area (Å²) < 4.78 is 12.9. The highest BCUT2D eigenvalue weighted by atomic mass is 19.1. The minimum absolute atomic E-state index is 0.256. The highest BCUT2D eigenvalue weighted by molar-refractivity contribution is 6.01. The molecule has 0 atom stereocenters. The van der Waals surface area contributed by atoms with E-state index in [9.17, 15) is 9.18 Å². The molecule has 0 aliphatic rings. The Kier molecular flexibility index (Phi) is 4.77. The summed E-state index contributed by atoms with van der Waals surface area (Å²) in [6, 6.07) is 12.5. The van der Waals surface area contributed by atoms with Crippen molar-refractivity contribution >= 4 is 23.1 Å². The molecular formula is C16H18FN3O. The number of nitrogens with two attached hydrogens (primary N) is 1. The molecule has 4 nitrogen and oxygen atoms in total. The number of urea groups is 1. The van der Waals surface area contributed by atoms with Crippen LogP contribution < -0.4 is 16.0 Å². The van der Waals surface area contributed by atoms with Crippen molar-refractivity contribution < 1.29 is 9.18 Å². The van der Waals surface area contributed by atoms with Crippen LogP contribution in [0, 0.1) is 5.82 Å². The third-order valence-electron chi connectivity index (χ3n) is 2.99. The molecule has 21 heavy (non-hydrogen) atoms. The second-order valence-corrected chi connectivity index (χ2v) is 4.68. The maximum atomic E-state index is 12.9. The van der Waals surface area contributed by atoms with Gasteiger partial charge in [0.1, 0.15) is 5.82 Å². The molecule has 5 heteroatoms. The van der Waals surface area contributed by atoms with Gasteiger partial charge >= 0.3 is 6.03 Å². The molecule has 2 aromatic rings. The van der Waals surface area contributed by atoms with E-state index in [2.05, 4.69) is 5.32 Å². The van der Waals surface area contributed by atoms with Gasteiger partial charge in [0.2, 0.25) is 0 Å². The Labute approximate surface area is 123 Å². The van der Waals surface area contributed by atoms with Gasteiger partial charge in [0, 0.05) is 23.6 Å². The van der Waals surface area contributed by atoms with E-state index >= 15 is 0 Å². The first kappa shape index (κ1) is 14.8. The minimum Gasteiger partial charge on any atom is -0.399 e. The number of nitrogens with one attached hydrogen (secondary N) is 1. The van der Waals surface area contributed by atoms with Gasteiger partial charge in [-0.3, -0.25) is 4.90 Å². The third-order valence-corrected chi connectivity index (χ3v) is 2.99. The quantitative estimate of drug-likeness (QED) is 0.839. The Balaban J connectivity index is 2.15. The Bertz CT molecular complexity index is 596. The zero-order chi connectivity index (χ0) is 15.2. The second-order valence-electron chi connectivity index (χ2n) is 4.68. The van der Waals surface area contributed by atoms with Gasteiger partial charge < -0.3 is 11.1 Å². The smallest absolute Gasteiger partial charge is 0.326 e. The van der Waals surface area contributed by atoms with E-state index in [1.165, 1.54) is 24.3 Å². The van der Waals surface area contributed by atoms with Gasteiger partial charge in [-0.15, -0.1) is 0 Å². The topological polar surface area (TPSA) is 58.4 Å². The predicted octanol–water partition coefficient (Wildman–Crippen LogP) is 3.86. The normalized spacial score (nSPS) is 10.2. The van der Waals surface area contributed by atoms with Crippen LogP contribution in [0.5, 0.6) is 0 Å². The fourth-order valence-electron chi connectivity index (χ4n) is 1.95. The molecule has 0 saturated heterocycles. The Morgan fingerprint density at radius 2 is 1.76 bits per heavy atom. The van der Waals surface area contributed by atoms with Crippen LogP contribution >= 0.6 is 0 Å². The Hall–Kier alpha value is -2.56. The Morgan fingerprint density at radius 3 is 2.33 bits per heavy atom. The van der Waals surface area contributed by atoms with Crippen LogP contribution in [0.3, 0.4) is 0 Å². The van der Waals surface area contributed by atoms with Gasteiger partial charge in [-0.1, -0.05) is 6.92 Å². The van der Waals surface area contributed by atoms with Crippen LogP contribution in [0.15, 0.2) is 48.5 Å². The van der Waals surface area contributed by atoms with E-state index in [1.54, 1.807) is 29.2 Å². The van der Waals surface area contributed by atoms with Crippen LogP contribution in [0.2, 0.25) is 0 Å². The van der Waals surface area contributed by atoms with Gasteiger partial charge in [-0.2, -0.15) is 0 Å². The number of nitrogen functional groups attached to an aromatic ring is 1. The van der Waals surface area contributed by atoms with E-state index in [-0.39, 0.29) is 11.8 Å². The van der Waals surface area contributed by atoms with Crippen molar-refractivity contribution in [1.29, 1.82) is 0 Å². The number of rotatable bonds is 4. The summed E-state index contributed by atoms with van der Waals surface area (Å²) in [5, 5.41) is 2.76. The first-order valence-electron chi connectivity index (χ1n) is 6.80. The number of benzene rings is 2. The molecule has 0 bridgehead atoms. The second kappa shape index (κ2) is 6.74. The highest BCUT2D eigenvalue weighted by Crippen LogP contribution is 2.18. The predicted molar refractivity (Wildman–Crippen MR) is 83.9 cm³/mol. The van der Waals surface area contributed by atoms with E-state index < -0.39 is 0 Å². The summed E-state index contributed by atoms with van der Waals surface area (Å²) >= 11 is 0. The molecule has 0 aliphatic heterocycles. The van der Waals surface area contributed by atoms with Crippen LogP contribution in [0.25, 0.3) is 0 Å². The molecule has 0 radical (unpaired) electrons. The number of halogens is 1. The van der Waals surface area contributed by atoms with E-state index in [0.717, 1.165) is 12.1 Å². The SMILES string of the molecule is CCCN(C(=O)Nc1ccc(F)cc1)c1ccc(N)cc1. The molecule has 0 aliphatic carbocycles. The Morgan fingerprint density at radius 1 is 1.14 bits per heavy atom. The fourth-order valence-corrected chi connectivity index (χ4v) is 1.95. The van der Waals surface area contributed by atoms with Crippen LogP contribution in [-0.2, 0) is 0 Å². The summed E-state index contributed by atoms with van der Waals surface area (Å²) in [6.45, 7) is 2.58. The number of amides is 2. The fraction of sp³-hybridized carbons (Fsp3) is 0.188. The lowest BCUT2D eigenvalue weighted by molar-refractivity contribution is 0.257. The number of carbonyl (C=O) groups is 1. The highest BCUT2D eigenvalue weighted by Gasteiger charge is 2.14. The lowest BCUT2D eigenvalue weighted by Crippen LogP contribution is -2.35. The molecule has 0 aromatic heterocycles. The monoisotopic (exact) mass is 287 g/mol. The molecule has 0 unspecified atom stereocenters. The van der Waals surface area contributed by atoms with E-state index in [0.29, 0.717) is 17.9 Å². The molecule has 110 valence electrons. The van der Waals surface area contributed by atoms with E-state index in [1.807, 2.05) is 6.92 Å². The number of nitrogens with zero attached hydrogens (tertiary/aromatic N) is 1. The first-order chi connectivity index (χ1) is 10.1. The lowest BCUT2D eigenvalue weighted by atomic mass is 10.2. The number of anilines is 3. The number of carbonyl (C=O) groups excluding carboxylic acids is 1. The van der Waals surface area contributed by atoms with Gasteiger partial charge in [0.05, 0.1) is 0 Å². The average molecular weight is 287 g/mol. The average Bonchev–Trinajstić information content (AvgIpc) is 2.48. The van der Waals surface area contributed by atoms with Gasteiger partial charge in [0.25, 0.3) is 0 Å². The third kappa shape index (κ3) is 3.95. The molecule has 0 spiro atoms. The summed E-state index contributed by atoms with van der Waals surface area (Å²) in [7, 11) is 0. The van der Waals surface area contributed by atoms with Crippen LogP contribution in [0.1, 0.15) is 13.3 Å². The standard InChI is InChI=1S/C16H18FN3O/c1-2-11-20(15-9-5-13(18)6-10-15)16(21)19-14-7-3-12(17)4-8-14/h3-10H,2,11,18H2,1H3,(H,19,21).